The van der Waals surface area contributed by atoms with E-state index in [1.54, 1.807) is 11.3 Å². The number of ether oxygens (including phenoxy) is 1. The summed E-state index contributed by atoms with van der Waals surface area (Å²) in [6, 6.07) is 3.34. The summed E-state index contributed by atoms with van der Waals surface area (Å²) >= 11 is 1.62. The zero-order valence-electron chi connectivity index (χ0n) is 13.4. The van der Waals surface area contributed by atoms with Crippen LogP contribution < -0.4 is 5.73 Å². The van der Waals surface area contributed by atoms with Crippen LogP contribution in [0.5, 0.6) is 0 Å². The van der Waals surface area contributed by atoms with Crippen LogP contribution in [0.1, 0.15) is 49.8 Å². The molecular formula is C16H25NO4S. The van der Waals surface area contributed by atoms with Crippen LogP contribution in [0.3, 0.4) is 0 Å². The molecule has 6 heteroatoms. The number of unbranched alkanes of at least 4 members (excludes halogenated alkanes) is 1. The van der Waals surface area contributed by atoms with E-state index in [1.165, 1.54) is 4.88 Å². The number of aryl methyl sites for hydroxylation is 1. The molecule has 1 unspecified atom stereocenters. The molecule has 0 aliphatic carbocycles. The van der Waals surface area contributed by atoms with Crippen LogP contribution >= 0.6 is 11.3 Å². The number of rotatable bonds is 8. The SMILES string of the molecule is CC(C)(C)OC(=O)C(N)Cc1ccc(CCCCC(=O)O)s1. The average molecular weight is 327 g/mol. The molecule has 0 saturated carbocycles. The monoisotopic (exact) mass is 327 g/mol. The number of aliphatic carboxylic acids is 1. The molecule has 1 rings (SSSR count). The van der Waals surface area contributed by atoms with Gasteiger partial charge in [0.25, 0.3) is 0 Å². The fourth-order valence-corrected chi connectivity index (χ4v) is 3.04. The summed E-state index contributed by atoms with van der Waals surface area (Å²) in [5, 5.41) is 8.59. The van der Waals surface area contributed by atoms with Gasteiger partial charge < -0.3 is 15.6 Å². The van der Waals surface area contributed by atoms with E-state index in [-0.39, 0.29) is 12.4 Å². The van der Waals surface area contributed by atoms with Crippen molar-refractivity contribution in [2.75, 3.05) is 0 Å². The molecule has 0 fully saturated rings. The van der Waals surface area contributed by atoms with Crippen molar-refractivity contribution < 1.29 is 19.4 Å². The van der Waals surface area contributed by atoms with Gasteiger partial charge in [-0.25, -0.2) is 0 Å². The summed E-state index contributed by atoms with van der Waals surface area (Å²) in [4.78, 5) is 24.5. The molecule has 3 N–H and O–H groups in total. The smallest absolute Gasteiger partial charge is 0.323 e. The van der Waals surface area contributed by atoms with Crippen LogP contribution in [0.2, 0.25) is 0 Å². The Morgan fingerprint density at radius 1 is 1.27 bits per heavy atom. The molecule has 1 aromatic heterocycles. The Morgan fingerprint density at radius 3 is 2.50 bits per heavy atom. The van der Waals surface area contributed by atoms with Gasteiger partial charge in [-0.15, -0.1) is 11.3 Å². The van der Waals surface area contributed by atoms with E-state index in [0.717, 1.165) is 17.7 Å². The normalized spacial score (nSPS) is 12.9. The van der Waals surface area contributed by atoms with Crippen LogP contribution in [0.15, 0.2) is 12.1 Å². The Bertz CT molecular complexity index is 504. The predicted molar refractivity (Wildman–Crippen MR) is 87.0 cm³/mol. The molecule has 0 aromatic carbocycles. The lowest BCUT2D eigenvalue weighted by Gasteiger charge is -2.21. The van der Waals surface area contributed by atoms with Gasteiger partial charge in [0, 0.05) is 22.6 Å². The largest absolute Gasteiger partial charge is 0.481 e. The highest BCUT2D eigenvalue weighted by molar-refractivity contribution is 7.12. The van der Waals surface area contributed by atoms with Gasteiger partial charge in [0.1, 0.15) is 11.6 Å². The van der Waals surface area contributed by atoms with E-state index in [9.17, 15) is 9.59 Å². The third-order valence-electron chi connectivity index (χ3n) is 2.91. The standard InChI is InChI=1S/C16H25NO4S/c1-16(2,3)21-15(20)13(17)10-12-9-8-11(22-12)6-4-5-7-14(18)19/h8-9,13H,4-7,10,17H2,1-3H3,(H,18,19). The molecule has 0 aliphatic heterocycles. The number of hydrogen-bond donors (Lipinski definition) is 2. The summed E-state index contributed by atoms with van der Waals surface area (Å²) in [7, 11) is 0. The maximum Gasteiger partial charge on any atom is 0.323 e. The first-order chi connectivity index (χ1) is 10.2. The number of carbonyl (C=O) groups excluding carboxylic acids is 1. The molecule has 5 nitrogen and oxygen atoms in total. The van der Waals surface area contributed by atoms with Gasteiger partial charge in [0.15, 0.2) is 0 Å². The van der Waals surface area contributed by atoms with E-state index in [0.29, 0.717) is 12.8 Å². The Hall–Kier alpha value is -1.40. The Labute approximate surface area is 135 Å². The van der Waals surface area contributed by atoms with Crippen LogP contribution in [-0.2, 0) is 27.2 Å². The zero-order valence-corrected chi connectivity index (χ0v) is 14.2. The van der Waals surface area contributed by atoms with Gasteiger partial charge in [0.05, 0.1) is 0 Å². The molecule has 0 spiro atoms. The maximum absolute atomic E-state index is 11.8. The minimum absolute atomic E-state index is 0.210. The molecule has 124 valence electrons. The third kappa shape index (κ3) is 7.56. The number of carbonyl (C=O) groups is 2. The molecule has 1 heterocycles. The molecule has 0 bridgehead atoms. The molecule has 22 heavy (non-hydrogen) atoms. The van der Waals surface area contributed by atoms with Gasteiger partial charge >= 0.3 is 11.9 Å². The van der Waals surface area contributed by atoms with Gasteiger partial charge in [-0.05, 0) is 52.2 Å². The summed E-state index contributed by atoms with van der Waals surface area (Å²) in [6.07, 6.45) is 3.07. The van der Waals surface area contributed by atoms with Gasteiger partial charge in [0.2, 0.25) is 0 Å². The van der Waals surface area contributed by atoms with Crippen molar-refractivity contribution in [3.05, 3.63) is 21.9 Å². The summed E-state index contributed by atoms with van der Waals surface area (Å²) < 4.78 is 5.27. The second-order valence-corrected chi connectivity index (χ2v) is 7.57. The van der Waals surface area contributed by atoms with Crippen molar-refractivity contribution >= 4 is 23.3 Å². The van der Waals surface area contributed by atoms with Crippen molar-refractivity contribution in [3.8, 4) is 0 Å². The van der Waals surface area contributed by atoms with Gasteiger partial charge in [-0.3, -0.25) is 9.59 Å². The highest BCUT2D eigenvalue weighted by Gasteiger charge is 2.22. The van der Waals surface area contributed by atoms with Crippen LogP contribution in [0.25, 0.3) is 0 Å². The van der Waals surface area contributed by atoms with Crippen LogP contribution in [0, 0.1) is 0 Å². The lowest BCUT2D eigenvalue weighted by molar-refractivity contribution is -0.156. The molecule has 0 radical (unpaired) electrons. The van der Waals surface area contributed by atoms with E-state index >= 15 is 0 Å². The van der Waals surface area contributed by atoms with Gasteiger partial charge in [-0.1, -0.05) is 0 Å². The summed E-state index contributed by atoms with van der Waals surface area (Å²) in [5.74, 6) is -1.14. The first-order valence-corrected chi connectivity index (χ1v) is 8.27. The van der Waals surface area contributed by atoms with Gasteiger partial charge in [-0.2, -0.15) is 0 Å². The summed E-state index contributed by atoms with van der Waals surface area (Å²) in [5.41, 5.74) is 5.36. The van der Waals surface area contributed by atoms with Crippen molar-refractivity contribution in [2.24, 2.45) is 5.73 Å². The highest BCUT2D eigenvalue weighted by atomic mass is 32.1. The molecule has 1 aromatic rings. The molecule has 0 saturated heterocycles. The number of hydrogen-bond acceptors (Lipinski definition) is 5. The van der Waals surface area contributed by atoms with Crippen molar-refractivity contribution in [2.45, 2.75) is 64.5 Å². The van der Waals surface area contributed by atoms with Crippen molar-refractivity contribution in [3.63, 3.8) is 0 Å². The fraction of sp³-hybridized carbons (Fsp3) is 0.625. The minimum Gasteiger partial charge on any atom is -0.481 e. The molecule has 0 amide bonds. The topological polar surface area (TPSA) is 89.6 Å². The molecule has 1 atom stereocenters. The van der Waals surface area contributed by atoms with Crippen LogP contribution in [-0.4, -0.2) is 28.7 Å². The number of nitrogens with two attached hydrogens (primary N) is 1. The second-order valence-electron chi connectivity index (χ2n) is 6.31. The van der Waals surface area contributed by atoms with E-state index in [1.807, 2.05) is 32.9 Å². The predicted octanol–water partition coefficient (Wildman–Crippen LogP) is 2.76. The Balaban J connectivity index is 2.41. The first kappa shape index (κ1) is 18.6. The maximum atomic E-state index is 11.8. The lowest BCUT2D eigenvalue weighted by Crippen LogP contribution is -2.38. The molecule has 0 aliphatic rings. The second kappa shape index (κ2) is 8.29. The van der Waals surface area contributed by atoms with E-state index in [2.05, 4.69) is 0 Å². The third-order valence-corrected chi connectivity index (χ3v) is 4.08. The Morgan fingerprint density at radius 2 is 1.91 bits per heavy atom. The number of carboxylic acids is 1. The number of carboxylic acid groups (broad SMARTS) is 1. The molecular weight excluding hydrogens is 302 g/mol. The quantitative estimate of drug-likeness (QED) is 0.566. The van der Waals surface area contributed by atoms with Crippen molar-refractivity contribution in [1.82, 2.24) is 0 Å². The summed E-state index contributed by atoms with van der Waals surface area (Å²) in [6.45, 7) is 5.45. The van der Waals surface area contributed by atoms with E-state index in [4.69, 9.17) is 15.6 Å². The fourth-order valence-electron chi connectivity index (χ4n) is 1.92. The van der Waals surface area contributed by atoms with Crippen LogP contribution in [0.4, 0.5) is 0 Å². The number of thiophene rings is 1. The van der Waals surface area contributed by atoms with E-state index < -0.39 is 17.6 Å². The lowest BCUT2D eigenvalue weighted by atomic mass is 10.1. The first-order valence-electron chi connectivity index (χ1n) is 7.45. The highest BCUT2D eigenvalue weighted by Crippen LogP contribution is 2.21. The number of esters is 1. The van der Waals surface area contributed by atoms with Crippen molar-refractivity contribution in [1.29, 1.82) is 0 Å². The zero-order chi connectivity index (χ0) is 16.8. The Kier molecular flexibility index (Phi) is 7.03. The minimum atomic E-state index is -0.754. The average Bonchev–Trinajstić information content (AvgIpc) is 2.80.